The van der Waals surface area contributed by atoms with E-state index in [1.165, 1.54) is 0 Å². The molecule has 16 nitrogen and oxygen atoms in total. The normalized spacial score (nSPS) is 14.9. The van der Waals surface area contributed by atoms with E-state index in [-0.39, 0.29) is 56.4 Å². The molecule has 0 radical (unpaired) electrons. The van der Waals surface area contributed by atoms with Crippen LogP contribution in [-0.2, 0) is 54.3 Å². The van der Waals surface area contributed by atoms with Crippen molar-refractivity contribution < 1.29 is 48.5 Å². The minimum absolute atomic E-state index is 0.0345. The fourth-order valence-electron chi connectivity index (χ4n) is 8.81. The summed E-state index contributed by atoms with van der Waals surface area (Å²) in [5.74, 6) is -2.60. The molecular weight excluding hydrogens is 977 g/mol. The standard InChI is InChI=1S/C61H86N6O10/c1-40(2)46(32-23-33-51(68)47(34-42-24-15-11-16-25-42)65-58(74)76-60(5,6)7)55(71)63-48(35-43-26-17-12-18-27-43)52(69)38-62-39-53(70)49(36-44-28-19-13-20-29-44)64-57(73)54(41(3)4)67-56(72)50(37-45-30-21-14-22-31-45)66-59(75)77-61(8,9)10/h11-22,24-31,40-41,46-50,52-54,62,69-70H,23,32-39H2,1-10H3,(H,63,71)(H,64,73)(H,65,74)(H,66,75)(H,67,72)/t46-,47-,48-,49-,50-,52+,53+,54-/m0/s1. The first-order chi connectivity index (χ1) is 36.4. The van der Waals surface area contributed by atoms with Crippen molar-refractivity contribution in [3.05, 3.63) is 144 Å². The number of ether oxygens (including phenoxy) is 2. The molecule has 4 aromatic rings. The Kier molecular flexibility index (Phi) is 25.3. The van der Waals surface area contributed by atoms with Gasteiger partial charge in [-0.3, -0.25) is 19.2 Å². The SMILES string of the molecule is CC(C)[C@H](CCCC(=O)[C@H](Cc1ccccc1)NC(=O)OC(C)(C)C)C(=O)N[C@@H](Cc1ccccc1)[C@H](O)CNC[C@@H](O)[C@H](Cc1ccccc1)NC(=O)[C@@H](NC(=O)[C@H](Cc1ccccc1)NC(=O)OC(C)(C)C)C(C)C. The van der Waals surface area contributed by atoms with Gasteiger partial charge in [0.2, 0.25) is 17.7 Å². The number of aliphatic hydroxyl groups is 2. The molecule has 0 aliphatic heterocycles. The fraction of sp³-hybridized carbons (Fsp3) is 0.508. The average Bonchev–Trinajstić information content (AvgIpc) is 3.35. The van der Waals surface area contributed by atoms with E-state index in [1.54, 1.807) is 55.4 Å². The second-order valence-electron chi connectivity index (χ2n) is 22.6. The number of hydrogen-bond acceptors (Lipinski definition) is 11. The van der Waals surface area contributed by atoms with Crippen molar-refractivity contribution >= 4 is 35.7 Å². The predicted molar refractivity (Wildman–Crippen MR) is 300 cm³/mol. The minimum Gasteiger partial charge on any atom is -0.444 e. The van der Waals surface area contributed by atoms with Crippen molar-refractivity contribution in [2.45, 2.75) is 168 Å². The van der Waals surface area contributed by atoms with Crippen LogP contribution in [0.2, 0.25) is 0 Å². The molecule has 77 heavy (non-hydrogen) atoms. The van der Waals surface area contributed by atoms with E-state index in [0.717, 1.165) is 22.3 Å². The molecule has 16 heteroatoms. The number of nitrogens with one attached hydrogen (secondary N) is 6. The Balaban J connectivity index is 1.45. The molecule has 0 saturated carbocycles. The van der Waals surface area contributed by atoms with E-state index in [2.05, 4.69) is 31.9 Å². The van der Waals surface area contributed by atoms with Crippen LogP contribution in [0.4, 0.5) is 9.59 Å². The van der Waals surface area contributed by atoms with Gasteiger partial charge in [-0.15, -0.1) is 0 Å². The summed E-state index contributed by atoms with van der Waals surface area (Å²) >= 11 is 0. The third-order valence-corrected chi connectivity index (χ3v) is 12.9. The van der Waals surface area contributed by atoms with Gasteiger partial charge in [0.15, 0.2) is 5.78 Å². The molecule has 4 rings (SSSR count). The lowest BCUT2D eigenvalue weighted by atomic mass is 9.88. The highest BCUT2D eigenvalue weighted by molar-refractivity contribution is 5.92. The third kappa shape index (κ3) is 23.7. The van der Waals surface area contributed by atoms with Crippen LogP contribution in [-0.4, -0.2) is 113 Å². The summed E-state index contributed by atoms with van der Waals surface area (Å²) < 4.78 is 10.9. The summed E-state index contributed by atoms with van der Waals surface area (Å²) in [4.78, 5) is 82.0. The molecule has 0 aliphatic rings. The molecule has 8 atom stereocenters. The monoisotopic (exact) mass is 1060 g/mol. The van der Waals surface area contributed by atoms with Crippen molar-refractivity contribution in [1.29, 1.82) is 0 Å². The Bertz CT molecular complexity index is 2430. The number of carbonyl (C=O) groups excluding carboxylic acids is 6. The lowest BCUT2D eigenvalue weighted by Crippen LogP contribution is -2.59. The third-order valence-electron chi connectivity index (χ3n) is 12.9. The van der Waals surface area contributed by atoms with Gasteiger partial charge >= 0.3 is 12.2 Å². The lowest BCUT2D eigenvalue weighted by Gasteiger charge is -2.31. The van der Waals surface area contributed by atoms with Gasteiger partial charge in [0.1, 0.15) is 23.3 Å². The van der Waals surface area contributed by atoms with Gasteiger partial charge in [-0.05, 0) is 108 Å². The molecule has 8 N–H and O–H groups in total. The highest BCUT2D eigenvalue weighted by atomic mass is 16.6. The second-order valence-corrected chi connectivity index (χ2v) is 22.6. The summed E-state index contributed by atoms with van der Waals surface area (Å²) in [7, 11) is 0. The van der Waals surface area contributed by atoms with Crippen molar-refractivity contribution in [3.63, 3.8) is 0 Å². The van der Waals surface area contributed by atoms with Crippen LogP contribution in [0.1, 0.15) is 111 Å². The molecular formula is C61H86N6O10. The minimum atomic E-state index is -1.18. The highest BCUT2D eigenvalue weighted by Crippen LogP contribution is 2.22. The van der Waals surface area contributed by atoms with Crippen LogP contribution in [0.25, 0.3) is 0 Å². The van der Waals surface area contributed by atoms with Crippen molar-refractivity contribution in [2.75, 3.05) is 13.1 Å². The van der Waals surface area contributed by atoms with Crippen LogP contribution in [0.5, 0.6) is 0 Å². The number of rotatable bonds is 29. The molecule has 0 fully saturated rings. The highest BCUT2D eigenvalue weighted by Gasteiger charge is 2.34. The van der Waals surface area contributed by atoms with Crippen molar-refractivity contribution in [1.82, 2.24) is 31.9 Å². The Morgan fingerprint density at radius 3 is 1.23 bits per heavy atom. The molecule has 420 valence electrons. The van der Waals surface area contributed by atoms with E-state index in [0.29, 0.717) is 19.3 Å². The Morgan fingerprint density at radius 2 is 0.844 bits per heavy atom. The zero-order valence-electron chi connectivity index (χ0n) is 46.8. The quantitative estimate of drug-likeness (QED) is 0.0271. The van der Waals surface area contributed by atoms with E-state index in [1.807, 2.05) is 135 Å². The zero-order valence-corrected chi connectivity index (χ0v) is 46.8. The molecule has 0 spiro atoms. The number of carbonyl (C=O) groups is 6. The number of hydrogen-bond donors (Lipinski definition) is 8. The first-order valence-corrected chi connectivity index (χ1v) is 27.0. The lowest BCUT2D eigenvalue weighted by molar-refractivity contribution is -0.131. The van der Waals surface area contributed by atoms with Crippen molar-refractivity contribution in [3.8, 4) is 0 Å². The zero-order chi connectivity index (χ0) is 56.7. The molecule has 0 aromatic heterocycles. The van der Waals surface area contributed by atoms with E-state index >= 15 is 0 Å². The van der Waals surface area contributed by atoms with Gasteiger partial charge in [0, 0.05) is 31.8 Å². The van der Waals surface area contributed by atoms with Crippen LogP contribution >= 0.6 is 0 Å². The predicted octanol–water partition coefficient (Wildman–Crippen LogP) is 7.18. The van der Waals surface area contributed by atoms with Gasteiger partial charge < -0.3 is 51.6 Å². The fourth-order valence-corrected chi connectivity index (χ4v) is 8.81. The number of amides is 5. The first-order valence-electron chi connectivity index (χ1n) is 27.0. The maximum atomic E-state index is 14.3. The number of aliphatic hydroxyl groups excluding tert-OH is 2. The smallest absolute Gasteiger partial charge is 0.408 e. The molecule has 0 unspecified atom stereocenters. The molecule has 4 aromatic carbocycles. The summed E-state index contributed by atoms with van der Waals surface area (Å²) in [5, 5.41) is 41.2. The van der Waals surface area contributed by atoms with Crippen LogP contribution < -0.4 is 31.9 Å². The molecule has 0 saturated heterocycles. The van der Waals surface area contributed by atoms with Crippen LogP contribution in [0, 0.1) is 17.8 Å². The Labute approximate surface area is 456 Å². The van der Waals surface area contributed by atoms with Gasteiger partial charge in [-0.1, -0.05) is 149 Å². The number of Topliss-reactive ketones (excluding diaryl/α,β-unsaturated/α-hetero) is 1. The van der Waals surface area contributed by atoms with Crippen molar-refractivity contribution in [2.24, 2.45) is 17.8 Å². The Hall–Kier alpha value is -6.62. The average molecular weight is 1060 g/mol. The van der Waals surface area contributed by atoms with Gasteiger partial charge in [-0.2, -0.15) is 0 Å². The Morgan fingerprint density at radius 1 is 0.468 bits per heavy atom. The van der Waals surface area contributed by atoms with E-state index < -0.39 is 89.5 Å². The summed E-state index contributed by atoms with van der Waals surface area (Å²) in [6.45, 7) is 17.8. The van der Waals surface area contributed by atoms with Crippen LogP contribution in [0.15, 0.2) is 121 Å². The molecule has 5 amide bonds. The molecule has 0 bridgehead atoms. The topological polar surface area (TPSA) is 234 Å². The summed E-state index contributed by atoms with van der Waals surface area (Å²) in [6, 6.07) is 32.8. The van der Waals surface area contributed by atoms with Gasteiger partial charge in [-0.25, -0.2) is 9.59 Å². The largest absolute Gasteiger partial charge is 0.444 e. The second kappa shape index (κ2) is 31.0. The first kappa shape index (κ1) is 62.9. The molecule has 0 heterocycles. The number of benzene rings is 4. The van der Waals surface area contributed by atoms with Gasteiger partial charge in [0.05, 0.1) is 30.3 Å². The summed E-state index contributed by atoms with van der Waals surface area (Å²) in [5.41, 5.74) is 1.82. The van der Waals surface area contributed by atoms with E-state index in [9.17, 15) is 39.0 Å². The molecule has 0 aliphatic carbocycles. The van der Waals surface area contributed by atoms with E-state index in [4.69, 9.17) is 9.47 Å². The number of ketones is 1. The van der Waals surface area contributed by atoms with Gasteiger partial charge in [0.25, 0.3) is 0 Å². The maximum absolute atomic E-state index is 14.3. The number of alkyl carbamates (subject to hydrolysis) is 2. The maximum Gasteiger partial charge on any atom is 0.408 e. The summed E-state index contributed by atoms with van der Waals surface area (Å²) in [6.07, 6.45) is -1.94. The van der Waals surface area contributed by atoms with Crippen LogP contribution in [0.3, 0.4) is 0 Å².